The Morgan fingerprint density at radius 3 is 2.52 bits per heavy atom. The van der Waals surface area contributed by atoms with Crippen LogP contribution < -0.4 is 0 Å². The third-order valence-corrected chi connectivity index (χ3v) is 9.79. The van der Waals surface area contributed by atoms with Crippen LogP contribution in [0.15, 0.2) is 76.4 Å². The number of para-hydroxylation sites is 1. The second kappa shape index (κ2) is 9.71. The van der Waals surface area contributed by atoms with Gasteiger partial charge in [-0.3, -0.25) is 9.78 Å². The third kappa shape index (κ3) is 4.93. The molecular formula is C29H24ClF3N2O4S. The maximum Gasteiger partial charge on any atom is 0.433 e. The quantitative estimate of drug-likeness (QED) is 0.232. The van der Waals surface area contributed by atoms with Crippen molar-refractivity contribution in [2.24, 2.45) is 0 Å². The Morgan fingerprint density at radius 1 is 1.07 bits per heavy atom. The van der Waals surface area contributed by atoms with Gasteiger partial charge in [-0.2, -0.15) is 17.5 Å². The first-order chi connectivity index (χ1) is 19.0. The summed E-state index contributed by atoms with van der Waals surface area (Å²) in [6.07, 6.45) is -0.837. The van der Waals surface area contributed by atoms with E-state index in [9.17, 15) is 26.4 Å². The van der Waals surface area contributed by atoms with Gasteiger partial charge in [0.15, 0.2) is 5.78 Å². The molecule has 0 radical (unpaired) electrons. The van der Waals surface area contributed by atoms with E-state index in [0.717, 1.165) is 17.8 Å². The number of halogens is 4. The van der Waals surface area contributed by atoms with E-state index < -0.39 is 33.4 Å². The molecule has 2 aromatic heterocycles. The summed E-state index contributed by atoms with van der Waals surface area (Å²) < 4.78 is 72.7. The number of carbonyl (C=O) groups is 1. The van der Waals surface area contributed by atoms with Crippen LogP contribution in [0.5, 0.6) is 0 Å². The zero-order chi connectivity index (χ0) is 28.3. The molecule has 1 aliphatic carbocycles. The van der Waals surface area contributed by atoms with Crippen LogP contribution in [0, 0.1) is 0 Å². The van der Waals surface area contributed by atoms with Crippen LogP contribution in [0.25, 0.3) is 22.1 Å². The van der Waals surface area contributed by atoms with Crippen molar-refractivity contribution in [3.8, 4) is 11.1 Å². The number of nitrogens with zero attached hydrogens (tertiary/aromatic N) is 2. The van der Waals surface area contributed by atoms with Crippen molar-refractivity contribution >= 4 is 38.4 Å². The van der Waals surface area contributed by atoms with Gasteiger partial charge in [-0.25, -0.2) is 8.42 Å². The Balaban J connectivity index is 1.24. The standard InChI is InChI=1S/C29H24ClF3N2O4S/c30-22-13-20(19-7-8-26(34-17-19)29(31,32)33)12-21(15-22)28(9-10-28)16-24(36)23-5-3-11-35(23)40(37,38)27-14-18-4-1-2-6-25(18)39-27/h1-2,4,6-8,12-15,17,23H,3,5,9-11,16H2/t23-/m0/s1. The van der Waals surface area contributed by atoms with E-state index in [1.165, 1.54) is 16.4 Å². The molecule has 1 aliphatic heterocycles. The fourth-order valence-electron chi connectivity index (χ4n) is 5.51. The van der Waals surface area contributed by atoms with Crippen molar-refractivity contribution < 1.29 is 30.8 Å². The number of fused-ring (bicyclic) bond motifs is 1. The summed E-state index contributed by atoms with van der Waals surface area (Å²) in [5, 5.41) is 0.875. The van der Waals surface area contributed by atoms with Gasteiger partial charge in [0.2, 0.25) is 5.09 Å². The van der Waals surface area contributed by atoms with E-state index in [0.29, 0.717) is 52.8 Å². The number of pyridine rings is 1. The number of alkyl halides is 3. The molecule has 2 aliphatic rings. The smallest absolute Gasteiger partial charge is 0.433 e. The number of Topliss-reactive ketones (excluding diaryl/α,β-unsaturated/α-hetero) is 1. The highest BCUT2D eigenvalue weighted by atomic mass is 35.5. The summed E-state index contributed by atoms with van der Waals surface area (Å²) >= 11 is 6.40. The van der Waals surface area contributed by atoms with Crippen molar-refractivity contribution in [1.82, 2.24) is 9.29 Å². The predicted molar refractivity (Wildman–Crippen MR) is 143 cm³/mol. The molecule has 1 saturated heterocycles. The highest BCUT2D eigenvalue weighted by molar-refractivity contribution is 7.89. The van der Waals surface area contributed by atoms with Crippen LogP contribution in [-0.4, -0.2) is 36.1 Å². The summed E-state index contributed by atoms with van der Waals surface area (Å²) in [5.74, 6) is -0.174. The first kappa shape index (κ1) is 27.0. The van der Waals surface area contributed by atoms with Gasteiger partial charge in [-0.05, 0) is 61.1 Å². The van der Waals surface area contributed by atoms with Crippen molar-refractivity contribution in [3.05, 3.63) is 83.1 Å². The SMILES string of the molecule is O=C(CC1(c2cc(Cl)cc(-c3ccc(C(F)(F)F)nc3)c2)CC1)[C@@H]1CCCN1S(=O)(=O)c1cc2ccccc2o1. The molecule has 40 heavy (non-hydrogen) atoms. The molecule has 3 heterocycles. The number of hydrogen-bond acceptors (Lipinski definition) is 5. The highest BCUT2D eigenvalue weighted by Crippen LogP contribution is 2.53. The van der Waals surface area contributed by atoms with Crippen molar-refractivity contribution in [2.75, 3.05) is 6.54 Å². The maximum atomic E-state index is 13.6. The van der Waals surface area contributed by atoms with Crippen LogP contribution in [0.2, 0.25) is 5.02 Å². The average Bonchev–Trinajstić information content (AvgIpc) is 3.32. The molecule has 0 N–H and O–H groups in total. The third-order valence-electron chi connectivity index (χ3n) is 7.80. The number of aromatic nitrogens is 1. The van der Waals surface area contributed by atoms with E-state index in [1.54, 1.807) is 36.4 Å². The number of hydrogen-bond donors (Lipinski definition) is 0. The molecule has 11 heteroatoms. The Hall–Kier alpha value is -3.21. The highest BCUT2D eigenvalue weighted by Gasteiger charge is 2.49. The van der Waals surface area contributed by atoms with Crippen LogP contribution >= 0.6 is 11.6 Å². The summed E-state index contributed by atoms with van der Waals surface area (Å²) in [4.78, 5) is 17.2. The van der Waals surface area contributed by atoms with Gasteiger partial charge in [0.05, 0.1) is 6.04 Å². The van der Waals surface area contributed by atoms with Crippen LogP contribution in [0.1, 0.15) is 43.4 Å². The first-order valence-electron chi connectivity index (χ1n) is 12.8. The molecule has 208 valence electrons. The minimum absolute atomic E-state index is 0.134. The number of furan rings is 1. The largest absolute Gasteiger partial charge is 0.443 e. The molecule has 0 amide bonds. The lowest BCUT2D eigenvalue weighted by Gasteiger charge is -2.24. The van der Waals surface area contributed by atoms with E-state index >= 15 is 0 Å². The summed E-state index contributed by atoms with van der Waals surface area (Å²) in [6.45, 7) is 0.227. The maximum absolute atomic E-state index is 13.6. The van der Waals surface area contributed by atoms with E-state index in [1.807, 2.05) is 6.07 Å². The average molecular weight is 589 g/mol. The monoisotopic (exact) mass is 588 g/mol. The number of carbonyl (C=O) groups excluding carboxylic acids is 1. The predicted octanol–water partition coefficient (Wildman–Crippen LogP) is 7.01. The number of ketones is 1. The Kier molecular flexibility index (Phi) is 6.55. The number of sulfonamides is 1. The first-order valence-corrected chi connectivity index (χ1v) is 14.7. The van der Waals surface area contributed by atoms with Gasteiger partial charge < -0.3 is 4.42 Å². The molecule has 0 spiro atoms. The molecule has 6 nitrogen and oxygen atoms in total. The fourth-order valence-corrected chi connectivity index (χ4v) is 7.38. The molecule has 1 atom stereocenters. The van der Waals surface area contributed by atoms with Gasteiger partial charge in [-0.15, -0.1) is 0 Å². The van der Waals surface area contributed by atoms with Gasteiger partial charge in [0.25, 0.3) is 10.0 Å². The molecule has 4 aromatic rings. The molecular weight excluding hydrogens is 565 g/mol. The Labute approximate surface area is 233 Å². The van der Waals surface area contributed by atoms with Gasteiger partial charge in [0, 0.05) is 46.6 Å². The van der Waals surface area contributed by atoms with E-state index in [-0.39, 0.29) is 23.8 Å². The number of benzene rings is 2. The molecule has 0 unspecified atom stereocenters. The van der Waals surface area contributed by atoms with Crippen molar-refractivity contribution in [3.63, 3.8) is 0 Å². The topological polar surface area (TPSA) is 80.5 Å². The van der Waals surface area contributed by atoms with Gasteiger partial charge in [0.1, 0.15) is 11.3 Å². The second-order valence-electron chi connectivity index (χ2n) is 10.5. The molecule has 0 bridgehead atoms. The Morgan fingerprint density at radius 2 is 1.85 bits per heavy atom. The summed E-state index contributed by atoms with van der Waals surface area (Å²) in [7, 11) is -4.02. The fraction of sp³-hybridized carbons (Fsp3) is 0.310. The zero-order valence-corrected chi connectivity index (χ0v) is 22.7. The summed E-state index contributed by atoms with van der Waals surface area (Å²) in [6, 6.07) is 15.2. The second-order valence-corrected chi connectivity index (χ2v) is 12.7. The zero-order valence-electron chi connectivity index (χ0n) is 21.1. The van der Waals surface area contributed by atoms with E-state index in [2.05, 4.69) is 4.98 Å². The summed E-state index contributed by atoms with van der Waals surface area (Å²) in [5.41, 5.74) is 0.831. The van der Waals surface area contributed by atoms with Gasteiger partial charge >= 0.3 is 6.18 Å². The van der Waals surface area contributed by atoms with Crippen molar-refractivity contribution in [2.45, 2.75) is 54.8 Å². The molecule has 2 fully saturated rings. The lowest BCUT2D eigenvalue weighted by Crippen LogP contribution is -2.41. The number of rotatable bonds is 7. The van der Waals surface area contributed by atoms with Crippen LogP contribution in [0.4, 0.5) is 13.2 Å². The van der Waals surface area contributed by atoms with Gasteiger partial charge in [-0.1, -0.05) is 41.9 Å². The Bertz CT molecular complexity index is 1680. The lowest BCUT2D eigenvalue weighted by molar-refractivity contribution is -0.141. The minimum Gasteiger partial charge on any atom is -0.443 e. The van der Waals surface area contributed by atoms with E-state index in [4.69, 9.17) is 16.0 Å². The molecule has 6 rings (SSSR count). The van der Waals surface area contributed by atoms with Crippen LogP contribution in [-0.2, 0) is 26.4 Å². The minimum atomic E-state index is -4.54. The van der Waals surface area contributed by atoms with Crippen LogP contribution in [0.3, 0.4) is 0 Å². The lowest BCUT2D eigenvalue weighted by atomic mass is 9.87. The molecule has 2 aromatic carbocycles. The molecule has 1 saturated carbocycles. The van der Waals surface area contributed by atoms with Crippen molar-refractivity contribution in [1.29, 1.82) is 0 Å². The normalized spacial score (nSPS) is 19.2.